The number of nitrogens with zero attached hydrogens (tertiary/aromatic N) is 1. The topological polar surface area (TPSA) is 118 Å². The van der Waals surface area contributed by atoms with Gasteiger partial charge in [0.15, 0.2) is 6.39 Å². The molecule has 1 aromatic heterocycles. The van der Waals surface area contributed by atoms with Crippen molar-refractivity contribution in [2.45, 2.75) is 38.4 Å². The summed E-state index contributed by atoms with van der Waals surface area (Å²) in [5.41, 5.74) is 7.81. The lowest BCUT2D eigenvalue weighted by molar-refractivity contribution is -0.192. The number of carbonyl (C=O) groups excluding carboxylic acids is 1. The number of nitrogens with one attached hydrogen (secondary N) is 1. The van der Waals surface area contributed by atoms with E-state index in [0.29, 0.717) is 18.1 Å². The van der Waals surface area contributed by atoms with Gasteiger partial charge in [0, 0.05) is 12.1 Å². The molecule has 1 atom stereocenters. The van der Waals surface area contributed by atoms with Crippen molar-refractivity contribution in [3.8, 4) is 0 Å². The molecule has 0 aliphatic rings. The molecule has 1 heterocycles. The lowest BCUT2D eigenvalue weighted by Crippen LogP contribution is -2.37. The number of carbonyl (C=O) groups is 2. The molecule has 0 fully saturated rings. The Kier molecular flexibility index (Phi) is 7.98. The molecular formula is C17H20F3N3O4. The monoisotopic (exact) mass is 387 g/mol. The number of hydrogen-bond acceptors (Lipinski definition) is 5. The molecule has 10 heteroatoms. The zero-order chi connectivity index (χ0) is 20.6. The number of alkyl halides is 3. The second-order valence-electron chi connectivity index (χ2n) is 5.85. The molecule has 1 unspecified atom stereocenters. The fourth-order valence-corrected chi connectivity index (χ4v) is 1.84. The number of benzene rings is 1. The van der Waals surface area contributed by atoms with Crippen molar-refractivity contribution in [3.05, 3.63) is 48.2 Å². The smallest absolute Gasteiger partial charge is 0.475 e. The minimum Gasteiger partial charge on any atom is -0.475 e. The number of aliphatic carboxylic acids is 1. The van der Waals surface area contributed by atoms with E-state index in [9.17, 15) is 18.0 Å². The highest BCUT2D eigenvalue weighted by molar-refractivity contribution is 5.94. The normalized spacial score (nSPS) is 12.1. The van der Waals surface area contributed by atoms with Gasteiger partial charge in [0.1, 0.15) is 5.76 Å². The van der Waals surface area contributed by atoms with E-state index in [0.717, 1.165) is 5.69 Å². The summed E-state index contributed by atoms with van der Waals surface area (Å²) in [5.74, 6) is -1.93. The molecule has 2 rings (SSSR count). The molecule has 4 N–H and O–H groups in total. The van der Waals surface area contributed by atoms with Crippen molar-refractivity contribution >= 4 is 17.6 Å². The Hall–Kier alpha value is -2.88. The third-order valence-electron chi connectivity index (χ3n) is 3.33. The first-order valence-electron chi connectivity index (χ1n) is 7.84. The maximum absolute atomic E-state index is 12.0. The van der Waals surface area contributed by atoms with Crippen molar-refractivity contribution in [3.63, 3.8) is 0 Å². The number of anilines is 1. The maximum Gasteiger partial charge on any atom is 0.490 e. The summed E-state index contributed by atoms with van der Waals surface area (Å²) in [6.07, 6.45) is -1.87. The molecule has 0 saturated carbocycles. The van der Waals surface area contributed by atoms with Crippen molar-refractivity contribution in [2.75, 3.05) is 5.32 Å². The van der Waals surface area contributed by atoms with Gasteiger partial charge in [0.2, 0.25) is 5.91 Å². The largest absolute Gasteiger partial charge is 0.490 e. The molecule has 1 aromatic carbocycles. The second kappa shape index (κ2) is 9.72. The average molecular weight is 387 g/mol. The number of carboxylic acids is 1. The van der Waals surface area contributed by atoms with E-state index in [1.165, 1.54) is 12.0 Å². The van der Waals surface area contributed by atoms with Crippen molar-refractivity contribution in [2.24, 2.45) is 5.73 Å². The lowest BCUT2D eigenvalue weighted by Gasteiger charge is -2.12. The molecule has 0 bridgehead atoms. The Labute approximate surface area is 153 Å². The summed E-state index contributed by atoms with van der Waals surface area (Å²) in [7, 11) is 0. The highest BCUT2D eigenvalue weighted by Crippen LogP contribution is 2.17. The van der Waals surface area contributed by atoms with Crippen molar-refractivity contribution in [1.82, 2.24) is 4.98 Å². The van der Waals surface area contributed by atoms with E-state index in [-0.39, 0.29) is 5.91 Å². The standard InChI is InChI=1S/C15H19N3O2.C2HF3O2/c1-10(2)11-3-5-12(6-4-11)18-15(19)14(16)7-13-8-17-9-20-13;3-2(4,5)1(6)7/h3-6,8-10,14H,7,16H2,1-2H3,(H,18,19);(H,6,7). The van der Waals surface area contributed by atoms with Gasteiger partial charge in [-0.25, -0.2) is 9.78 Å². The molecule has 27 heavy (non-hydrogen) atoms. The Balaban J connectivity index is 0.000000445. The van der Waals surface area contributed by atoms with Crippen LogP contribution >= 0.6 is 0 Å². The maximum atomic E-state index is 12.0. The molecule has 7 nitrogen and oxygen atoms in total. The SMILES string of the molecule is CC(C)c1ccc(NC(=O)C(N)Cc2cnco2)cc1.O=C(O)C(F)(F)F. The van der Waals surface area contributed by atoms with Crippen LogP contribution in [0.1, 0.15) is 31.1 Å². The molecule has 1 amide bonds. The number of oxazole rings is 1. The van der Waals surface area contributed by atoms with Gasteiger partial charge in [-0.05, 0) is 23.6 Å². The highest BCUT2D eigenvalue weighted by Gasteiger charge is 2.38. The Morgan fingerprint density at radius 3 is 2.22 bits per heavy atom. The zero-order valence-electron chi connectivity index (χ0n) is 14.7. The Morgan fingerprint density at radius 2 is 1.81 bits per heavy atom. The van der Waals surface area contributed by atoms with Gasteiger partial charge in [-0.15, -0.1) is 0 Å². The number of hydrogen-bond donors (Lipinski definition) is 3. The van der Waals surface area contributed by atoms with Crippen LogP contribution in [0.25, 0.3) is 0 Å². The predicted octanol–water partition coefficient (Wildman–Crippen LogP) is 2.94. The van der Waals surface area contributed by atoms with E-state index in [2.05, 4.69) is 24.1 Å². The van der Waals surface area contributed by atoms with E-state index < -0.39 is 18.2 Å². The summed E-state index contributed by atoms with van der Waals surface area (Å²) < 4.78 is 36.8. The zero-order valence-corrected chi connectivity index (χ0v) is 14.7. The van der Waals surface area contributed by atoms with Crippen LogP contribution in [0, 0.1) is 0 Å². The first-order valence-corrected chi connectivity index (χ1v) is 7.84. The molecule has 2 aromatic rings. The van der Waals surface area contributed by atoms with E-state index >= 15 is 0 Å². The van der Waals surface area contributed by atoms with Gasteiger partial charge in [0.25, 0.3) is 0 Å². The number of carboxylic acid groups (broad SMARTS) is 1. The lowest BCUT2D eigenvalue weighted by atomic mass is 10.0. The minimum absolute atomic E-state index is 0.237. The Morgan fingerprint density at radius 1 is 1.26 bits per heavy atom. The van der Waals surface area contributed by atoms with Gasteiger partial charge in [-0.3, -0.25) is 4.79 Å². The predicted molar refractivity (Wildman–Crippen MR) is 91.0 cm³/mol. The van der Waals surface area contributed by atoms with E-state index in [1.807, 2.05) is 24.3 Å². The molecule has 0 radical (unpaired) electrons. The van der Waals surface area contributed by atoms with Gasteiger partial charge in [0.05, 0.1) is 12.2 Å². The molecule has 0 aliphatic heterocycles. The number of aromatic nitrogens is 1. The average Bonchev–Trinajstić information content (AvgIpc) is 3.08. The summed E-state index contributed by atoms with van der Waals surface area (Å²) >= 11 is 0. The van der Waals surface area contributed by atoms with Crippen molar-refractivity contribution in [1.29, 1.82) is 0 Å². The van der Waals surface area contributed by atoms with Crippen molar-refractivity contribution < 1.29 is 32.3 Å². The van der Waals surface area contributed by atoms with Gasteiger partial charge >= 0.3 is 12.1 Å². The summed E-state index contributed by atoms with van der Waals surface area (Å²) in [6.45, 7) is 4.25. The summed E-state index contributed by atoms with van der Waals surface area (Å²) in [6, 6.07) is 7.11. The molecule has 0 aliphatic carbocycles. The summed E-state index contributed by atoms with van der Waals surface area (Å²) in [5, 5.41) is 9.92. The fraction of sp³-hybridized carbons (Fsp3) is 0.353. The first-order chi connectivity index (χ1) is 12.5. The van der Waals surface area contributed by atoms with Gasteiger partial charge in [-0.1, -0.05) is 26.0 Å². The van der Waals surface area contributed by atoms with Crippen LogP contribution in [0.2, 0.25) is 0 Å². The van der Waals surface area contributed by atoms with Crippen LogP contribution in [0.4, 0.5) is 18.9 Å². The minimum atomic E-state index is -5.08. The highest BCUT2D eigenvalue weighted by atomic mass is 19.4. The van der Waals surface area contributed by atoms with Crippen LogP contribution in [0.15, 0.2) is 41.3 Å². The fourth-order valence-electron chi connectivity index (χ4n) is 1.84. The van der Waals surface area contributed by atoms with E-state index in [1.54, 1.807) is 6.20 Å². The Bertz CT molecular complexity index is 729. The number of rotatable bonds is 5. The number of halogens is 3. The quantitative estimate of drug-likeness (QED) is 0.726. The molecule has 0 saturated heterocycles. The number of amides is 1. The third kappa shape index (κ3) is 7.90. The van der Waals surface area contributed by atoms with Gasteiger partial charge in [-0.2, -0.15) is 13.2 Å². The second-order valence-corrected chi connectivity index (χ2v) is 5.85. The van der Waals surface area contributed by atoms with Crippen LogP contribution in [-0.2, 0) is 16.0 Å². The first kappa shape index (κ1) is 22.2. The van der Waals surface area contributed by atoms with Crippen LogP contribution in [0.5, 0.6) is 0 Å². The van der Waals surface area contributed by atoms with Crippen LogP contribution in [-0.4, -0.2) is 34.2 Å². The van der Waals surface area contributed by atoms with Crippen LogP contribution < -0.4 is 11.1 Å². The molecular weight excluding hydrogens is 367 g/mol. The third-order valence-corrected chi connectivity index (χ3v) is 3.33. The number of nitrogens with two attached hydrogens (primary N) is 1. The summed E-state index contributed by atoms with van der Waals surface area (Å²) in [4.78, 5) is 24.6. The van der Waals surface area contributed by atoms with E-state index in [4.69, 9.17) is 20.1 Å². The van der Waals surface area contributed by atoms with Gasteiger partial charge < -0.3 is 20.6 Å². The molecule has 0 spiro atoms. The van der Waals surface area contributed by atoms with Crippen LogP contribution in [0.3, 0.4) is 0 Å². The molecule has 148 valence electrons.